The molecule has 1 unspecified atom stereocenters. The highest BCUT2D eigenvalue weighted by Crippen LogP contribution is 2.19. The number of hydrogen-bond donors (Lipinski definition) is 2. The monoisotopic (exact) mass is 260 g/mol. The van der Waals surface area contributed by atoms with Gasteiger partial charge in [0.05, 0.1) is 5.69 Å². The number of carbonyl (C=O) groups is 1. The minimum atomic E-state index is -0.398. The first-order valence-electron chi connectivity index (χ1n) is 5.26. The van der Waals surface area contributed by atoms with Crippen molar-refractivity contribution in [3.63, 3.8) is 0 Å². The van der Waals surface area contributed by atoms with Crippen LogP contribution >= 0.6 is 12.4 Å². The lowest BCUT2D eigenvalue weighted by Gasteiger charge is -2.13. The van der Waals surface area contributed by atoms with Gasteiger partial charge < -0.3 is 10.6 Å². The minimum Gasteiger partial charge on any atom is -0.323 e. The van der Waals surface area contributed by atoms with Gasteiger partial charge in [-0.2, -0.15) is 0 Å². The third-order valence-corrected chi connectivity index (χ3v) is 2.43. The van der Waals surface area contributed by atoms with Crippen LogP contribution in [-0.4, -0.2) is 19.5 Å². The van der Waals surface area contributed by atoms with E-state index in [0.29, 0.717) is 6.54 Å². The lowest BCUT2D eigenvalue weighted by molar-refractivity contribution is -0.119. The number of aryl methyl sites for hydroxylation is 1. The number of rotatable bonds is 4. The Bertz CT molecular complexity index is 365. The molecule has 3 nitrogen and oxygen atoms in total. The fraction of sp³-hybridized carbons (Fsp3) is 0.417. The zero-order valence-corrected chi connectivity index (χ0v) is 11.0. The lowest BCUT2D eigenvalue weighted by Crippen LogP contribution is -2.29. The van der Waals surface area contributed by atoms with E-state index >= 15 is 0 Å². The fourth-order valence-electron chi connectivity index (χ4n) is 1.44. The van der Waals surface area contributed by atoms with Crippen molar-refractivity contribution >= 4 is 24.0 Å². The van der Waals surface area contributed by atoms with Gasteiger partial charge >= 0.3 is 0 Å². The maximum atomic E-state index is 13.4. The molecule has 0 fully saturated rings. The second-order valence-electron chi connectivity index (χ2n) is 3.88. The van der Waals surface area contributed by atoms with Crippen LogP contribution in [0.15, 0.2) is 18.2 Å². The quantitative estimate of drug-likeness (QED) is 0.873. The molecular weight excluding hydrogens is 243 g/mol. The van der Waals surface area contributed by atoms with Gasteiger partial charge in [0.1, 0.15) is 5.82 Å². The van der Waals surface area contributed by atoms with Crippen LogP contribution in [0.1, 0.15) is 12.5 Å². The van der Waals surface area contributed by atoms with Gasteiger partial charge in [-0.3, -0.25) is 4.79 Å². The van der Waals surface area contributed by atoms with Crippen molar-refractivity contribution in [3.8, 4) is 0 Å². The highest BCUT2D eigenvalue weighted by atomic mass is 35.5. The van der Waals surface area contributed by atoms with Gasteiger partial charge in [-0.15, -0.1) is 12.4 Å². The molecule has 1 aromatic rings. The summed E-state index contributed by atoms with van der Waals surface area (Å²) in [6, 6.07) is 4.73. The average molecular weight is 261 g/mol. The third kappa shape index (κ3) is 4.32. The second-order valence-corrected chi connectivity index (χ2v) is 3.88. The van der Waals surface area contributed by atoms with Gasteiger partial charge in [-0.25, -0.2) is 4.39 Å². The van der Waals surface area contributed by atoms with E-state index in [1.165, 1.54) is 6.07 Å². The summed E-state index contributed by atoms with van der Waals surface area (Å²) in [6.07, 6.45) is 0. The Labute approximate surface area is 107 Å². The molecule has 0 aliphatic carbocycles. The van der Waals surface area contributed by atoms with Crippen molar-refractivity contribution in [1.82, 2.24) is 5.32 Å². The van der Waals surface area contributed by atoms with Gasteiger partial charge in [-0.1, -0.05) is 19.1 Å². The molecule has 2 N–H and O–H groups in total. The van der Waals surface area contributed by atoms with Crippen molar-refractivity contribution in [2.24, 2.45) is 5.92 Å². The molecule has 1 amide bonds. The summed E-state index contributed by atoms with van der Waals surface area (Å²) in [5.41, 5.74) is 1.00. The van der Waals surface area contributed by atoms with E-state index in [1.807, 2.05) is 0 Å². The smallest absolute Gasteiger partial charge is 0.228 e. The van der Waals surface area contributed by atoms with Crippen molar-refractivity contribution < 1.29 is 9.18 Å². The van der Waals surface area contributed by atoms with Crippen LogP contribution < -0.4 is 10.6 Å². The number of hydrogen-bond acceptors (Lipinski definition) is 2. The zero-order chi connectivity index (χ0) is 12.1. The Morgan fingerprint density at radius 3 is 2.65 bits per heavy atom. The SMILES string of the molecule is CNCC(C)C(=O)Nc1c(C)cccc1F.Cl. The fourth-order valence-corrected chi connectivity index (χ4v) is 1.44. The summed E-state index contributed by atoms with van der Waals surface area (Å²) in [5, 5.41) is 5.52. The van der Waals surface area contributed by atoms with Gasteiger partial charge in [0.2, 0.25) is 5.91 Å². The van der Waals surface area contributed by atoms with Gasteiger partial charge in [0.15, 0.2) is 0 Å². The first-order valence-corrected chi connectivity index (χ1v) is 5.26. The predicted octanol–water partition coefficient (Wildman–Crippen LogP) is 2.35. The van der Waals surface area contributed by atoms with E-state index < -0.39 is 5.82 Å². The summed E-state index contributed by atoms with van der Waals surface area (Å²) in [7, 11) is 1.78. The number of amides is 1. The maximum absolute atomic E-state index is 13.4. The van der Waals surface area contributed by atoms with Crippen LogP contribution in [0.5, 0.6) is 0 Å². The molecule has 0 aliphatic rings. The Kier molecular flexibility index (Phi) is 6.76. The van der Waals surface area contributed by atoms with E-state index in [0.717, 1.165) is 5.56 Å². The summed E-state index contributed by atoms with van der Waals surface area (Å²) in [4.78, 5) is 11.7. The summed E-state index contributed by atoms with van der Waals surface area (Å²) in [6.45, 7) is 4.13. The molecule has 1 aromatic carbocycles. The Morgan fingerprint density at radius 2 is 2.12 bits per heavy atom. The highest BCUT2D eigenvalue weighted by Gasteiger charge is 2.14. The van der Waals surface area contributed by atoms with E-state index in [4.69, 9.17) is 0 Å². The first kappa shape index (κ1) is 15.9. The van der Waals surface area contributed by atoms with Crippen LogP contribution in [-0.2, 0) is 4.79 Å². The molecule has 0 saturated carbocycles. The number of carbonyl (C=O) groups excluding carboxylic acids is 1. The number of nitrogens with one attached hydrogen (secondary N) is 2. The largest absolute Gasteiger partial charge is 0.323 e. The van der Waals surface area contributed by atoms with Crippen LogP contribution in [0.3, 0.4) is 0 Å². The van der Waals surface area contributed by atoms with Crippen molar-refractivity contribution in [2.45, 2.75) is 13.8 Å². The molecule has 0 spiro atoms. The molecule has 0 aromatic heterocycles. The number of anilines is 1. The molecule has 96 valence electrons. The van der Waals surface area contributed by atoms with E-state index in [2.05, 4.69) is 10.6 Å². The molecule has 0 radical (unpaired) electrons. The molecule has 0 bridgehead atoms. The highest BCUT2D eigenvalue weighted by molar-refractivity contribution is 5.93. The lowest BCUT2D eigenvalue weighted by atomic mass is 10.1. The van der Waals surface area contributed by atoms with Crippen LogP contribution in [0.25, 0.3) is 0 Å². The Hall–Kier alpha value is -1.13. The minimum absolute atomic E-state index is 0. The van der Waals surface area contributed by atoms with Gasteiger partial charge in [0, 0.05) is 12.5 Å². The zero-order valence-electron chi connectivity index (χ0n) is 10.2. The molecule has 0 heterocycles. The second kappa shape index (κ2) is 7.25. The average Bonchev–Trinajstić information content (AvgIpc) is 2.23. The molecule has 0 saturated heterocycles. The van der Waals surface area contributed by atoms with Crippen molar-refractivity contribution in [3.05, 3.63) is 29.6 Å². The Morgan fingerprint density at radius 1 is 1.47 bits per heavy atom. The van der Waals surface area contributed by atoms with Crippen LogP contribution in [0.2, 0.25) is 0 Å². The molecular formula is C12H18ClFN2O. The van der Waals surface area contributed by atoms with E-state index in [1.54, 1.807) is 33.0 Å². The molecule has 5 heteroatoms. The summed E-state index contributed by atoms with van der Waals surface area (Å²) in [5.74, 6) is -0.767. The van der Waals surface area contributed by atoms with Gasteiger partial charge in [0.25, 0.3) is 0 Å². The number of halogens is 2. The molecule has 17 heavy (non-hydrogen) atoms. The molecule has 1 atom stereocenters. The maximum Gasteiger partial charge on any atom is 0.228 e. The van der Waals surface area contributed by atoms with Crippen LogP contribution in [0.4, 0.5) is 10.1 Å². The van der Waals surface area contributed by atoms with E-state index in [-0.39, 0.29) is 29.9 Å². The molecule has 0 aliphatic heterocycles. The number of benzene rings is 1. The van der Waals surface area contributed by atoms with Crippen LogP contribution in [0, 0.1) is 18.7 Å². The topological polar surface area (TPSA) is 41.1 Å². The number of para-hydroxylation sites is 1. The molecule has 1 rings (SSSR count). The van der Waals surface area contributed by atoms with Crippen molar-refractivity contribution in [1.29, 1.82) is 0 Å². The normalized spacial score (nSPS) is 11.5. The Balaban J connectivity index is 0.00000256. The third-order valence-electron chi connectivity index (χ3n) is 2.43. The van der Waals surface area contributed by atoms with E-state index in [9.17, 15) is 9.18 Å². The summed E-state index contributed by atoms with van der Waals surface area (Å²) >= 11 is 0. The standard InChI is InChI=1S/C12H17FN2O.ClH/c1-8-5-4-6-10(13)11(8)15-12(16)9(2)7-14-3;/h4-6,9,14H,7H2,1-3H3,(H,15,16);1H. The first-order chi connectivity index (χ1) is 7.56. The van der Waals surface area contributed by atoms with Crippen molar-refractivity contribution in [2.75, 3.05) is 18.9 Å². The summed E-state index contributed by atoms with van der Waals surface area (Å²) < 4.78 is 13.4. The van der Waals surface area contributed by atoms with Gasteiger partial charge in [-0.05, 0) is 25.6 Å². The predicted molar refractivity (Wildman–Crippen MR) is 70.1 cm³/mol.